The minimum Gasteiger partial charge on any atom is -0.493 e. The highest BCUT2D eigenvalue weighted by molar-refractivity contribution is 9.10. The number of halogens is 1. The number of benzene rings is 2. The maximum Gasteiger partial charge on any atom is 0.161 e. The fraction of sp³-hybridized carbons (Fsp3) is 0.250. The Hall–Kier alpha value is -1.52. The summed E-state index contributed by atoms with van der Waals surface area (Å²) in [6.45, 7) is 2.06. The van der Waals surface area contributed by atoms with Crippen molar-refractivity contribution in [1.82, 2.24) is 0 Å². The van der Waals surface area contributed by atoms with Gasteiger partial charge >= 0.3 is 0 Å². The molecule has 0 radical (unpaired) electrons. The third-order valence-electron chi connectivity index (χ3n) is 3.24. The third-order valence-corrected chi connectivity index (χ3v) is 3.93. The summed E-state index contributed by atoms with van der Waals surface area (Å²) >= 11 is 3.55. The number of aryl methyl sites for hydroxylation is 1. The molecule has 0 fully saturated rings. The second-order valence-corrected chi connectivity index (χ2v) is 5.47. The molecule has 2 aromatic rings. The summed E-state index contributed by atoms with van der Waals surface area (Å²) in [6.07, 6.45) is 0. The topological polar surface area (TPSA) is 44.5 Å². The number of rotatable bonds is 4. The first-order valence-electron chi connectivity index (χ1n) is 6.30. The first kappa shape index (κ1) is 14.9. The van der Waals surface area contributed by atoms with Gasteiger partial charge in [0.05, 0.1) is 20.3 Å². The van der Waals surface area contributed by atoms with Crippen molar-refractivity contribution < 1.29 is 9.47 Å². The van der Waals surface area contributed by atoms with Crippen molar-refractivity contribution >= 4 is 15.9 Å². The van der Waals surface area contributed by atoms with Crippen LogP contribution in [0.3, 0.4) is 0 Å². The van der Waals surface area contributed by atoms with Gasteiger partial charge in [-0.2, -0.15) is 0 Å². The van der Waals surface area contributed by atoms with Crippen LogP contribution in [0.25, 0.3) is 0 Å². The van der Waals surface area contributed by atoms with Crippen LogP contribution in [0.2, 0.25) is 0 Å². The quantitative estimate of drug-likeness (QED) is 0.923. The molecule has 3 nitrogen and oxygen atoms in total. The number of nitrogens with two attached hydrogens (primary N) is 1. The lowest BCUT2D eigenvalue weighted by atomic mass is 9.98. The number of hydrogen-bond donors (Lipinski definition) is 1. The molecular formula is C16H18BrNO2. The molecule has 0 aliphatic heterocycles. The molecule has 0 heterocycles. The molecule has 20 heavy (non-hydrogen) atoms. The summed E-state index contributed by atoms with van der Waals surface area (Å²) in [4.78, 5) is 0. The summed E-state index contributed by atoms with van der Waals surface area (Å²) < 4.78 is 11.5. The fourth-order valence-corrected chi connectivity index (χ4v) is 2.72. The van der Waals surface area contributed by atoms with E-state index < -0.39 is 0 Å². The van der Waals surface area contributed by atoms with Crippen LogP contribution in [-0.4, -0.2) is 14.2 Å². The van der Waals surface area contributed by atoms with Crippen LogP contribution in [0, 0.1) is 6.92 Å². The zero-order valence-corrected chi connectivity index (χ0v) is 13.4. The van der Waals surface area contributed by atoms with Crippen LogP contribution >= 0.6 is 15.9 Å². The van der Waals surface area contributed by atoms with Crippen molar-refractivity contribution in [2.45, 2.75) is 13.0 Å². The van der Waals surface area contributed by atoms with Crippen molar-refractivity contribution in [3.05, 3.63) is 57.6 Å². The molecule has 1 atom stereocenters. The highest BCUT2D eigenvalue weighted by Gasteiger charge is 2.16. The Labute approximate surface area is 127 Å². The molecule has 0 bridgehead atoms. The van der Waals surface area contributed by atoms with Crippen molar-refractivity contribution in [3.63, 3.8) is 0 Å². The molecule has 0 saturated carbocycles. The van der Waals surface area contributed by atoms with Crippen molar-refractivity contribution in [1.29, 1.82) is 0 Å². The molecule has 0 amide bonds. The third kappa shape index (κ3) is 2.97. The van der Waals surface area contributed by atoms with Gasteiger partial charge in [0, 0.05) is 4.47 Å². The predicted octanol–water partition coefficient (Wildman–Crippen LogP) is 3.82. The summed E-state index contributed by atoms with van der Waals surface area (Å²) in [5.74, 6) is 1.35. The molecule has 4 heteroatoms. The summed E-state index contributed by atoms with van der Waals surface area (Å²) in [5, 5.41) is 0. The second-order valence-electron chi connectivity index (χ2n) is 4.62. The van der Waals surface area contributed by atoms with E-state index >= 15 is 0 Å². The van der Waals surface area contributed by atoms with Gasteiger partial charge in [-0.1, -0.05) is 45.8 Å². The largest absolute Gasteiger partial charge is 0.493 e. The van der Waals surface area contributed by atoms with E-state index in [1.165, 1.54) is 5.56 Å². The Morgan fingerprint density at radius 1 is 1.05 bits per heavy atom. The van der Waals surface area contributed by atoms with Crippen molar-refractivity contribution in [2.75, 3.05) is 14.2 Å². The lowest BCUT2D eigenvalue weighted by Crippen LogP contribution is -2.13. The number of ether oxygens (including phenoxy) is 2. The minimum atomic E-state index is -0.218. The van der Waals surface area contributed by atoms with E-state index in [1.54, 1.807) is 14.2 Å². The van der Waals surface area contributed by atoms with E-state index in [9.17, 15) is 0 Å². The Kier molecular flexibility index (Phi) is 4.68. The fourth-order valence-electron chi connectivity index (χ4n) is 2.15. The maximum absolute atomic E-state index is 6.37. The average Bonchev–Trinajstić information content (AvgIpc) is 2.46. The lowest BCUT2D eigenvalue weighted by molar-refractivity contribution is 0.354. The molecule has 2 rings (SSSR count). The highest BCUT2D eigenvalue weighted by Crippen LogP contribution is 2.37. The van der Waals surface area contributed by atoms with Gasteiger partial charge in [-0.25, -0.2) is 0 Å². The molecule has 0 aromatic heterocycles. The van der Waals surface area contributed by atoms with Gasteiger partial charge in [-0.05, 0) is 30.2 Å². The van der Waals surface area contributed by atoms with Crippen LogP contribution in [0.1, 0.15) is 22.7 Å². The molecule has 1 unspecified atom stereocenters. The van der Waals surface area contributed by atoms with Crippen molar-refractivity contribution in [3.8, 4) is 11.5 Å². The van der Waals surface area contributed by atoms with Gasteiger partial charge in [-0.3, -0.25) is 0 Å². The summed E-state index contributed by atoms with van der Waals surface area (Å²) in [5.41, 5.74) is 9.60. The summed E-state index contributed by atoms with van der Waals surface area (Å²) in [7, 11) is 3.23. The second kappa shape index (κ2) is 6.29. The summed E-state index contributed by atoms with van der Waals surface area (Å²) in [6, 6.07) is 11.8. The van der Waals surface area contributed by atoms with Gasteiger partial charge in [-0.15, -0.1) is 0 Å². The zero-order valence-electron chi connectivity index (χ0n) is 11.8. The standard InChI is InChI=1S/C16H18BrNO2/c1-10-5-4-6-11(7-10)16(18)12-8-14(19-2)15(20-3)9-13(12)17/h4-9,16H,18H2,1-3H3. The molecule has 0 spiro atoms. The van der Waals surface area contributed by atoms with Crippen LogP contribution in [-0.2, 0) is 0 Å². The maximum atomic E-state index is 6.37. The van der Waals surface area contributed by atoms with Gasteiger partial charge in [0.15, 0.2) is 11.5 Å². The van der Waals surface area contributed by atoms with Crippen LogP contribution in [0.5, 0.6) is 11.5 Å². The van der Waals surface area contributed by atoms with E-state index in [-0.39, 0.29) is 6.04 Å². The van der Waals surface area contributed by atoms with Gasteiger partial charge in [0.25, 0.3) is 0 Å². The van der Waals surface area contributed by atoms with Crippen LogP contribution < -0.4 is 15.2 Å². The monoisotopic (exact) mass is 335 g/mol. The Bertz CT molecular complexity index is 613. The smallest absolute Gasteiger partial charge is 0.161 e. The predicted molar refractivity (Wildman–Crippen MR) is 84.5 cm³/mol. The number of methoxy groups -OCH3 is 2. The molecule has 2 N–H and O–H groups in total. The average molecular weight is 336 g/mol. The van der Waals surface area contributed by atoms with E-state index in [0.717, 1.165) is 15.6 Å². The first-order chi connectivity index (χ1) is 9.56. The van der Waals surface area contributed by atoms with Crippen LogP contribution in [0.15, 0.2) is 40.9 Å². The molecular weight excluding hydrogens is 318 g/mol. The first-order valence-corrected chi connectivity index (χ1v) is 7.09. The SMILES string of the molecule is COc1cc(Br)c(C(N)c2cccc(C)c2)cc1OC. The van der Waals surface area contributed by atoms with E-state index in [4.69, 9.17) is 15.2 Å². The molecule has 0 aliphatic rings. The van der Waals surface area contributed by atoms with E-state index in [1.807, 2.05) is 24.3 Å². The lowest BCUT2D eigenvalue weighted by Gasteiger charge is -2.18. The Balaban J connectivity index is 2.46. The van der Waals surface area contributed by atoms with Gasteiger partial charge in [0.2, 0.25) is 0 Å². The van der Waals surface area contributed by atoms with Crippen LogP contribution in [0.4, 0.5) is 0 Å². The molecule has 2 aromatic carbocycles. The highest BCUT2D eigenvalue weighted by atomic mass is 79.9. The normalized spacial score (nSPS) is 12.1. The molecule has 106 valence electrons. The van der Waals surface area contributed by atoms with Gasteiger partial charge < -0.3 is 15.2 Å². The van der Waals surface area contributed by atoms with E-state index in [0.29, 0.717) is 11.5 Å². The Morgan fingerprint density at radius 3 is 2.30 bits per heavy atom. The molecule has 0 aliphatic carbocycles. The van der Waals surface area contributed by atoms with Gasteiger partial charge in [0.1, 0.15) is 0 Å². The Morgan fingerprint density at radius 2 is 1.70 bits per heavy atom. The zero-order chi connectivity index (χ0) is 14.7. The van der Waals surface area contributed by atoms with E-state index in [2.05, 4.69) is 35.0 Å². The number of hydrogen-bond acceptors (Lipinski definition) is 3. The molecule has 0 saturated heterocycles. The van der Waals surface area contributed by atoms with Crippen molar-refractivity contribution in [2.24, 2.45) is 5.73 Å². The minimum absolute atomic E-state index is 0.218.